The Morgan fingerprint density at radius 3 is 2.29 bits per heavy atom. The third-order valence-electron chi connectivity index (χ3n) is 4.33. The van der Waals surface area contributed by atoms with Gasteiger partial charge < -0.3 is 5.32 Å². The number of hydrogen-bond acceptors (Lipinski definition) is 3. The summed E-state index contributed by atoms with van der Waals surface area (Å²) in [6.45, 7) is 3.86. The van der Waals surface area contributed by atoms with Gasteiger partial charge in [-0.2, -0.15) is 5.10 Å². The molecule has 0 heterocycles. The number of aryl methyl sites for hydroxylation is 2. The number of benzene rings is 3. The van der Waals surface area contributed by atoms with Crippen molar-refractivity contribution >= 4 is 23.7 Å². The summed E-state index contributed by atoms with van der Waals surface area (Å²) in [5.74, 6) is -0.565. The van der Waals surface area contributed by atoms with E-state index in [0.29, 0.717) is 16.8 Å². The molecule has 0 aromatic heterocycles. The van der Waals surface area contributed by atoms with Crippen molar-refractivity contribution in [3.05, 3.63) is 101 Å². The van der Waals surface area contributed by atoms with E-state index in [1.54, 1.807) is 36.5 Å². The zero-order valence-corrected chi connectivity index (χ0v) is 15.8. The van der Waals surface area contributed by atoms with Crippen molar-refractivity contribution in [3.8, 4) is 0 Å². The Hall–Kier alpha value is -3.73. The largest absolute Gasteiger partial charge is 0.322 e. The SMILES string of the molecule is Cc1ccccc1/C=N\NC(=O)c1cccc(NC(=O)c2ccccc2C)c1. The molecule has 140 valence electrons. The summed E-state index contributed by atoms with van der Waals surface area (Å²) in [5.41, 5.74) is 6.95. The summed E-state index contributed by atoms with van der Waals surface area (Å²) in [6.07, 6.45) is 1.61. The first kappa shape index (κ1) is 19.0. The summed E-state index contributed by atoms with van der Waals surface area (Å²) in [6, 6.07) is 21.8. The molecule has 0 bridgehead atoms. The van der Waals surface area contributed by atoms with Crippen LogP contribution in [0, 0.1) is 13.8 Å². The first-order valence-corrected chi connectivity index (χ1v) is 8.90. The van der Waals surface area contributed by atoms with Crippen molar-refractivity contribution in [2.45, 2.75) is 13.8 Å². The maximum Gasteiger partial charge on any atom is 0.271 e. The number of nitrogens with one attached hydrogen (secondary N) is 2. The predicted molar refractivity (Wildman–Crippen MR) is 112 cm³/mol. The molecule has 0 aliphatic rings. The van der Waals surface area contributed by atoms with Crippen LogP contribution in [0.4, 0.5) is 5.69 Å². The minimum Gasteiger partial charge on any atom is -0.322 e. The fourth-order valence-electron chi connectivity index (χ4n) is 2.72. The molecule has 0 radical (unpaired) electrons. The Labute approximate surface area is 164 Å². The van der Waals surface area contributed by atoms with Crippen molar-refractivity contribution in [3.63, 3.8) is 0 Å². The van der Waals surface area contributed by atoms with E-state index < -0.39 is 0 Å². The highest BCUT2D eigenvalue weighted by molar-refractivity contribution is 6.06. The van der Waals surface area contributed by atoms with E-state index >= 15 is 0 Å². The monoisotopic (exact) mass is 371 g/mol. The van der Waals surface area contributed by atoms with Crippen LogP contribution < -0.4 is 10.7 Å². The molecule has 2 N–H and O–H groups in total. The standard InChI is InChI=1S/C23H21N3O2/c1-16-8-3-5-10-19(16)15-24-26-22(27)18-11-7-12-20(14-18)25-23(28)21-13-6-4-9-17(21)2/h3-15H,1-2H3,(H,25,28)(H,26,27)/b24-15-. The van der Waals surface area contributed by atoms with Crippen LogP contribution in [-0.2, 0) is 0 Å². The van der Waals surface area contributed by atoms with Crippen LogP contribution in [0.3, 0.4) is 0 Å². The molecule has 0 saturated carbocycles. The second-order valence-corrected chi connectivity index (χ2v) is 6.41. The molecular weight excluding hydrogens is 350 g/mol. The Balaban J connectivity index is 1.67. The lowest BCUT2D eigenvalue weighted by Gasteiger charge is -2.08. The van der Waals surface area contributed by atoms with Crippen LogP contribution in [0.5, 0.6) is 0 Å². The number of carbonyl (C=O) groups excluding carboxylic acids is 2. The Morgan fingerprint density at radius 2 is 1.54 bits per heavy atom. The van der Waals surface area contributed by atoms with E-state index in [1.165, 1.54) is 0 Å². The van der Waals surface area contributed by atoms with Gasteiger partial charge in [0.05, 0.1) is 6.21 Å². The van der Waals surface area contributed by atoms with Gasteiger partial charge in [-0.3, -0.25) is 9.59 Å². The van der Waals surface area contributed by atoms with Crippen molar-refractivity contribution < 1.29 is 9.59 Å². The normalized spacial score (nSPS) is 10.6. The maximum atomic E-state index is 12.4. The van der Waals surface area contributed by atoms with E-state index in [-0.39, 0.29) is 11.8 Å². The van der Waals surface area contributed by atoms with Gasteiger partial charge >= 0.3 is 0 Å². The van der Waals surface area contributed by atoms with Gasteiger partial charge in [-0.15, -0.1) is 0 Å². The topological polar surface area (TPSA) is 70.6 Å². The molecule has 0 atom stereocenters. The van der Waals surface area contributed by atoms with E-state index in [0.717, 1.165) is 16.7 Å². The Kier molecular flexibility index (Phi) is 5.97. The highest BCUT2D eigenvalue weighted by atomic mass is 16.2. The van der Waals surface area contributed by atoms with Crippen LogP contribution in [0.15, 0.2) is 77.9 Å². The summed E-state index contributed by atoms with van der Waals surface area (Å²) < 4.78 is 0. The van der Waals surface area contributed by atoms with Gasteiger partial charge in [-0.05, 0) is 54.8 Å². The smallest absolute Gasteiger partial charge is 0.271 e. The van der Waals surface area contributed by atoms with Crippen molar-refractivity contribution in [1.82, 2.24) is 5.43 Å². The predicted octanol–water partition coefficient (Wildman–Crippen LogP) is 4.32. The summed E-state index contributed by atoms with van der Waals surface area (Å²) >= 11 is 0. The van der Waals surface area contributed by atoms with Crippen LogP contribution in [0.2, 0.25) is 0 Å². The molecule has 5 nitrogen and oxygen atoms in total. The number of carbonyl (C=O) groups is 2. The Bertz CT molecular complexity index is 1040. The van der Waals surface area contributed by atoms with E-state index in [9.17, 15) is 9.59 Å². The fraction of sp³-hybridized carbons (Fsp3) is 0.0870. The number of amides is 2. The first-order chi connectivity index (χ1) is 13.5. The van der Waals surface area contributed by atoms with Crippen LogP contribution in [0.25, 0.3) is 0 Å². The highest BCUT2D eigenvalue weighted by Crippen LogP contribution is 2.14. The van der Waals surface area contributed by atoms with Crippen LogP contribution in [0.1, 0.15) is 37.4 Å². The molecule has 3 rings (SSSR count). The quantitative estimate of drug-likeness (QED) is 0.518. The molecule has 0 spiro atoms. The average Bonchev–Trinajstić information content (AvgIpc) is 2.70. The van der Waals surface area contributed by atoms with Crippen LogP contribution in [-0.4, -0.2) is 18.0 Å². The molecule has 0 aliphatic carbocycles. The lowest BCUT2D eigenvalue weighted by Crippen LogP contribution is -2.18. The third kappa shape index (κ3) is 4.71. The molecule has 0 unspecified atom stereocenters. The summed E-state index contributed by atoms with van der Waals surface area (Å²) in [4.78, 5) is 24.8. The second-order valence-electron chi connectivity index (χ2n) is 6.41. The third-order valence-corrected chi connectivity index (χ3v) is 4.33. The van der Waals surface area contributed by atoms with Gasteiger partial charge in [-0.1, -0.05) is 48.5 Å². The van der Waals surface area contributed by atoms with Crippen LogP contribution >= 0.6 is 0 Å². The zero-order chi connectivity index (χ0) is 19.9. The number of hydrazone groups is 1. The van der Waals surface area contributed by atoms with Crippen molar-refractivity contribution in [1.29, 1.82) is 0 Å². The van der Waals surface area contributed by atoms with Gasteiger partial charge in [0.1, 0.15) is 0 Å². The first-order valence-electron chi connectivity index (χ1n) is 8.90. The lowest BCUT2D eigenvalue weighted by atomic mass is 10.1. The Morgan fingerprint density at radius 1 is 0.821 bits per heavy atom. The number of rotatable bonds is 5. The summed E-state index contributed by atoms with van der Waals surface area (Å²) in [5, 5.41) is 6.84. The van der Waals surface area contributed by atoms with Gasteiger partial charge in [-0.25, -0.2) is 5.43 Å². The van der Waals surface area contributed by atoms with E-state index in [1.807, 2.05) is 56.3 Å². The minimum atomic E-state index is -0.350. The molecule has 3 aromatic carbocycles. The molecule has 2 amide bonds. The number of hydrogen-bond donors (Lipinski definition) is 2. The minimum absolute atomic E-state index is 0.215. The van der Waals surface area contributed by atoms with Gasteiger partial charge in [0.2, 0.25) is 0 Å². The zero-order valence-electron chi connectivity index (χ0n) is 15.8. The highest BCUT2D eigenvalue weighted by Gasteiger charge is 2.10. The summed E-state index contributed by atoms with van der Waals surface area (Å²) in [7, 11) is 0. The van der Waals surface area contributed by atoms with E-state index in [4.69, 9.17) is 0 Å². The van der Waals surface area contributed by atoms with Gasteiger partial charge in [0, 0.05) is 16.8 Å². The lowest BCUT2D eigenvalue weighted by molar-refractivity contribution is 0.0953. The number of nitrogens with zero attached hydrogens (tertiary/aromatic N) is 1. The maximum absolute atomic E-state index is 12.4. The van der Waals surface area contributed by atoms with Crippen molar-refractivity contribution in [2.75, 3.05) is 5.32 Å². The molecule has 5 heteroatoms. The second kappa shape index (κ2) is 8.77. The molecule has 3 aromatic rings. The molecule has 0 saturated heterocycles. The van der Waals surface area contributed by atoms with Gasteiger partial charge in [0.15, 0.2) is 0 Å². The number of anilines is 1. The van der Waals surface area contributed by atoms with Gasteiger partial charge in [0.25, 0.3) is 11.8 Å². The molecular formula is C23H21N3O2. The fourth-order valence-corrected chi connectivity index (χ4v) is 2.72. The molecule has 0 aliphatic heterocycles. The van der Waals surface area contributed by atoms with E-state index in [2.05, 4.69) is 15.8 Å². The van der Waals surface area contributed by atoms with Crippen molar-refractivity contribution in [2.24, 2.45) is 5.10 Å². The average molecular weight is 371 g/mol. The molecule has 28 heavy (non-hydrogen) atoms. The molecule has 0 fully saturated rings.